The van der Waals surface area contributed by atoms with Gasteiger partial charge in [0.1, 0.15) is 5.82 Å². The average Bonchev–Trinajstić information content (AvgIpc) is 2.46. The van der Waals surface area contributed by atoms with Crippen molar-refractivity contribution in [1.29, 1.82) is 0 Å². The second-order valence-electron chi connectivity index (χ2n) is 5.34. The summed E-state index contributed by atoms with van der Waals surface area (Å²) in [4.78, 5) is 9.27. The fourth-order valence-electron chi connectivity index (χ4n) is 2.25. The van der Waals surface area contributed by atoms with Gasteiger partial charge in [0, 0.05) is 22.0 Å². The summed E-state index contributed by atoms with van der Waals surface area (Å²) in [5.74, 6) is 1.37. The van der Waals surface area contributed by atoms with E-state index in [2.05, 4.69) is 29.1 Å². The number of fused-ring (bicyclic) bond motifs is 1. The summed E-state index contributed by atoms with van der Waals surface area (Å²) in [6.45, 7) is 4.14. The normalized spacial score (nSPS) is 11.1. The molecule has 0 unspecified atom stereocenters. The molecule has 0 aliphatic carbocycles. The van der Waals surface area contributed by atoms with Crippen LogP contribution in [0.25, 0.3) is 22.3 Å². The van der Waals surface area contributed by atoms with Crippen LogP contribution in [-0.2, 0) is 0 Å². The van der Waals surface area contributed by atoms with E-state index in [9.17, 15) is 0 Å². The Morgan fingerprint density at radius 3 is 2.50 bits per heavy atom. The Labute approximate surface area is 139 Å². The lowest BCUT2D eigenvalue weighted by Gasteiger charge is -2.14. The zero-order chi connectivity index (χ0) is 15.7. The first-order chi connectivity index (χ1) is 10.5. The van der Waals surface area contributed by atoms with Crippen LogP contribution in [0.15, 0.2) is 42.5 Å². The molecule has 0 fully saturated rings. The van der Waals surface area contributed by atoms with Crippen molar-refractivity contribution < 1.29 is 0 Å². The van der Waals surface area contributed by atoms with Gasteiger partial charge < -0.3 is 5.32 Å². The van der Waals surface area contributed by atoms with Crippen LogP contribution in [0.2, 0.25) is 10.0 Å². The number of aromatic nitrogens is 2. The van der Waals surface area contributed by atoms with Crippen LogP contribution in [0.1, 0.15) is 13.8 Å². The lowest BCUT2D eigenvalue weighted by molar-refractivity contribution is 0.891. The predicted molar refractivity (Wildman–Crippen MR) is 93.8 cm³/mol. The number of nitrogens with one attached hydrogen (secondary N) is 1. The molecule has 0 aliphatic rings. The van der Waals surface area contributed by atoms with Gasteiger partial charge in [0.2, 0.25) is 0 Å². The molecule has 0 radical (unpaired) electrons. The fraction of sp³-hybridized carbons (Fsp3) is 0.176. The molecule has 5 heteroatoms. The lowest BCUT2D eigenvalue weighted by Crippen LogP contribution is -2.12. The molecule has 0 bridgehead atoms. The van der Waals surface area contributed by atoms with Crippen LogP contribution in [0.4, 0.5) is 5.82 Å². The van der Waals surface area contributed by atoms with Crippen LogP contribution in [0.3, 0.4) is 0 Å². The third-order valence-corrected chi connectivity index (χ3v) is 3.76. The first-order valence-electron chi connectivity index (χ1n) is 7.03. The summed E-state index contributed by atoms with van der Waals surface area (Å²) in [6, 6.07) is 13.4. The number of halogens is 2. The van der Waals surface area contributed by atoms with E-state index in [0.29, 0.717) is 15.9 Å². The molecule has 0 aliphatic heterocycles. The Morgan fingerprint density at radius 1 is 1.00 bits per heavy atom. The van der Waals surface area contributed by atoms with Crippen molar-refractivity contribution in [2.24, 2.45) is 0 Å². The number of nitrogens with zero attached hydrogens (tertiary/aromatic N) is 2. The first-order valence-corrected chi connectivity index (χ1v) is 7.79. The molecule has 0 amide bonds. The zero-order valence-corrected chi connectivity index (χ0v) is 13.8. The largest absolute Gasteiger partial charge is 0.367 e. The van der Waals surface area contributed by atoms with E-state index in [1.165, 1.54) is 0 Å². The van der Waals surface area contributed by atoms with E-state index in [0.717, 1.165) is 22.3 Å². The first kappa shape index (κ1) is 15.1. The van der Waals surface area contributed by atoms with Gasteiger partial charge in [-0.25, -0.2) is 9.97 Å². The highest BCUT2D eigenvalue weighted by Gasteiger charge is 2.12. The van der Waals surface area contributed by atoms with Gasteiger partial charge >= 0.3 is 0 Å². The minimum Gasteiger partial charge on any atom is -0.367 e. The molecule has 0 atom stereocenters. The minimum atomic E-state index is 0.257. The maximum atomic E-state index is 6.27. The van der Waals surface area contributed by atoms with Crippen LogP contribution >= 0.6 is 23.2 Å². The van der Waals surface area contributed by atoms with Crippen molar-refractivity contribution in [2.45, 2.75) is 19.9 Å². The number of rotatable bonds is 3. The van der Waals surface area contributed by atoms with Crippen LogP contribution in [-0.4, -0.2) is 16.0 Å². The van der Waals surface area contributed by atoms with Crippen molar-refractivity contribution in [2.75, 3.05) is 5.32 Å². The molecule has 112 valence electrons. The summed E-state index contributed by atoms with van der Waals surface area (Å²) >= 11 is 12.4. The van der Waals surface area contributed by atoms with E-state index < -0.39 is 0 Å². The smallest absolute Gasteiger partial charge is 0.163 e. The highest BCUT2D eigenvalue weighted by Crippen LogP contribution is 2.30. The summed E-state index contributed by atoms with van der Waals surface area (Å²) in [5, 5.41) is 5.57. The molecular weight excluding hydrogens is 317 g/mol. The van der Waals surface area contributed by atoms with E-state index in [1.54, 1.807) is 0 Å². The van der Waals surface area contributed by atoms with Gasteiger partial charge in [0.25, 0.3) is 0 Å². The summed E-state index contributed by atoms with van der Waals surface area (Å²) in [6.07, 6.45) is 0. The quantitative estimate of drug-likeness (QED) is 0.695. The third kappa shape index (κ3) is 3.01. The lowest BCUT2D eigenvalue weighted by atomic mass is 10.1. The molecule has 1 heterocycles. The molecule has 1 N–H and O–H groups in total. The maximum Gasteiger partial charge on any atom is 0.163 e. The van der Waals surface area contributed by atoms with E-state index in [1.807, 2.05) is 42.5 Å². The topological polar surface area (TPSA) is 37.8 Å². The monoisotopic (exact) mass is 331 g/mol. The molecule has 1 aromatic heterocycles. The molecule has 0 saturated heterocycles. The number of hydrogen-bond donors (Lipinski definition) is 1. The summed E-state index contributed by atoms with van der Waals surface area (Å²) in [7, 11) is 0. The molecule has 3 rings (SSSR count). The van der Waals surface area contributed by atoms with Crippen LogP contribution in [0, 0.1) is 0 Å². The molecule has 3 aromatic rings. The standard InChI is InChI=1S/C17H15Cl2N3/c1-10(2)20-17-13-8-7-11(18)9-15(13)21-16(22-17)12-5-3-4-6-14(12)19/h3-10H,1-2H3,(H,20,21,22). The molecular formula is C17H15Cl2N3. The second-order valence-corrected chi connectivity index (χ2v) is 6.18. The van der Waals surface area contributed by atoms with Gasteiger partial charge in [-0.1, -0.05) is 35.3 Å². The van der Waals surface area contributed by atoms with Gasteiger partial charge in [0.05, 0.1) is 10.5 Å². The number of benzene rings is 2. The van der Waals surface area contributed by atoms with Crippen molar-refractivity contribution in [3.63, 3.8) is 0 Å². The molecule has 0 spiro atoms. The Hall–Kier alpha value is -1.84. The van der Waals surface area contributed by atoms with E-state index in [-0.39, 0.29) is 6.04 Å². The SMILES string of the molecule is CC(C)Nc1nc(-c2ccccc2Cl)nc2cc(Cl)ccc12. The molecule has 0 saturated carbocycles. The van der Waals surface area contributed by atoms with Crippen LogP contribution in [0.5, 0.6) is 0 Å². The number of hydrogen-bond acceptors (Lipinski definition) is 3. The third-order valence-electron chi connectivity index (χ3n) is 3.20. The second kappa shape index (κ2) is 6.11. The minimum absolute atomic E-state index is 0.257. The van der Waals surface area contributed by atoms with Crippen molar-refractivity contribution in [3.05, 3.63) is 52.5 Å². The fourth-order valence-corrected chi connectivity index (χ4v) is 2.64. The van der Waals surface area contributed by atoms with Gasteiger partial charge in [-0.2, -0.15) is 0 Å². The summed E-state index contributed by atoms with van der Waals surface area (Å²) in [5.41, 5.74) is 1.60. The Balaban J connectivity index is 2.25. The zero-order valence-electron chi connectivity index (χ0n) is 12.3. The number of anilines is 1. The van der Waals surface area contributed by atoms with Gasteiger partial charge in [-0.05, 0) is 44.2 Å². The van der Waals surface area contributed by atoms with Gasteiger partial charge in [-0.15, -0.1) is 0 Å². The van der Waals surface area contributed by atoms with Crippen LogP contribution < -0.4 is 5.32 Å². The highest BCUT2D eigenvalue weighted by molar-refractivity contribution is 6.33. The highest BCUT2D eigenvalue weighted by atomic mass is 35.5. The Kier molecular flexibility index (Phi) is 4.19. The predicted octanol–water partition coefficient (Wildman–Crippen LogP) is 5.42. The van der Waals surface area contributed by atoms with Crippen molar-refractivity contribution >= 4 is 39.9 Å². The molecule has 22 heavy (non-hydrogen) atoms. The average molecular weight is 332 g/mol. The van der Waals surface area contributed by atoms with Crippen molar-refractivity contribution in [3.8, 4) is 11.4 Å². The van der Waals surface area contributed by atoms with Gasteiger partial charge in [0.15, 0.2) is 5.82 Å². The molecule has 3 nitrogen and oxygen atoms in total. The van der Waals surface area contributed by atoms with E-state index >= 15 is 0 Å². The van der Waals surface area contributed by atoms with Gasteiger partial charge in [-0.3, -0.25) is 0 Å². The maximum absolute atomic E-state index is 6.27. The Bertz CT molecular complexity index is 831. The Morgan fingerprint density at radius 2 is 1.77 bits per heavy atom. The molecule has 2 aromatic carbocycles. The summed E-state index contributed by atoms with van der Waals surface area (Å²) < 4.78 is 0. The van der Waals surface area contributed by atoms with E-state index in [4.69, 9.17) is 23.2 Å². The van der Waals surface area contributed by atoms with Crippen molar-refractivity contribution in [1.82, 2.24) is 9.97 Å².